The number of aliphatic imine (C=N–C) groups is 1. The van der Waals surface area contributed by atoms with Crippen molar-refractivity contribution in [3.63, 3.8) is 0 Å². The molecular weight excluding hydrogens is 331 g/mol. The van der Waals surface area contributed by atoms with Crippen molar-refractivity contribution in [1.29, 1.82) is 0 Å². The Hall–Kier alpha value is -1.96. The summed E-state index contributed by atoms with van der Waals surface area (Å²) in [7, 11) is 3.55. The molecule has 8 heteroatoms. The monoisotopic (exact) mass is 357 g/mol. The molecule has 0 aliphatic carbocycles. The van der Waals surface area contributed by atoms with Gasteiger partial charge in [-0.2, -0.15) is 13.2 Å². The number of hydrogen-bond donors (Lipinski definition) is 2. The molecule has 0 bridgehead atoms. The molecule has 0 spiro atoms. The third-order valence-electron chi connectivity index (χ3n) is 4.31. The van der Waals surface area contributed by atoms with E-state index in [4.69, 9.17) is 0 Å². The predicted octanol–water partition coefficient (Wildman–Crippen LogP) is 2.01. The fourth-order valence-electron chi connectivity index (χ4n) is 2.90. The average Bonchev–Trinajstić information content (AvgIpc) is 2.62. The summed E-state index contributed by atoms with van der Waals surface area (Å²) in [6.45, 7) is 5.00. The molecule has 1 aliphatic heterocycles. The van der Waals surface area contributed by atoms with Crippen LogP contribution in [0.4, 0.5) is 18.9 Å². The maximum atomic E-state index is 12.8. The molecule has 2 N–H and O–H groups in total. The summed E-state index contributed by atoms with van der Waals surface area (Å²) in [6, 6.07) is 5.58. The van der Waals surface area contributed by atoms with Crippen LogP contribution in [0.15, 0.2) is 29.3 Å². The number of nitrogens with one attached hydrogen (secondary N) is 2. The number of alkyl halides is 3. The van der Waals surface area contributed by atoms with Crippen LogP contribution in [0.3, 0.4) is 0 Å². The van der Waals surface area contributed by atoms with Gasteiger partial charge in [-0.1, -0.05) is 6.07 Å². The van der Waals surface area contributed by atoms with Gasteiger partial charge < -0.3 is 15.5 Å². The molecule has 1 saturated heterocycles. The number of piperazine rings is 1. The van der Waals surface area contributed by atoms with Crippen molar-refractivity contribution < 1.29 is 13.2 Å². The first-order chi connectivity index (χ1) is 11.9. The van der Waals surface area contributed by atoms with E-state index >= 15 is 0 Å². The van der Waals surface area contributed by atoms with Crippen LogP contribution in [0.2, 0.25) is 0 Å². The fourth-order valence-corrected chi connectivity index (χ4v) is 2.90. The van der Waals surface area contributed by atoms with Gasteiger partial charge in [0.1, 0.15) is 0 Å². The molecule has 0 aromatic heterocycles. The number of nitrogens with zero attached hydrogens (tertiary/aromatic N) is 3. The standard InChI is InChI=1S/C17H26F3N5/c1-21-16(22-2)23-7-4-8-24-9-11-25(12-10-24)15-6-3-5-14(13-15)17(18,19)20/h3,5-6,13H,4,7-12H2,1-2H3,(H2,21,22,23). The fraction of sp³-hybridized carbons (Fsp3) is 0.588. The summed E-state index contributed by atoms with van der Waals surface area (Å²) in [5.74, 6) is 0.773. The number of hydrogen-bond acceptors (Lipinski definition) is 3. The van der Waals surface area contributed by atoms with Crippen LogP contribution in [0.1, 0.15) is 12.0 Å². The van der Waals surface area contributed by atoms with Gasteiger partial charge in [-0.05, 0) is 31.2 Å². The molecule has 1 fully saturated rings. The molecule has 1 aromatic carbocycles. The van der Waals surface area contributed by atoms with Gasteiger partial charge in [0.25, 0.3) is 0 Å². The van der Waals surface area contributed by atoms with Crippen LogP contribution in [0.5, 0.6) is 0 Å². The summed E-state index contributed by atoms with van der Waals surface area (Å²) in [4.78, 5) is 8.41. The van der Waals surface area contributed by atoms with Gasteiger partial charge in [0.15, 0.2) is 5.96 Å². The molecule has 0 saturated carbocycles. The minimum atomic E-state index is -4.29. The minimum absolute atomic E-state index is 0.587. The molecular formula is C17H26F3N5. The first-order valence-electron chi connectivity index (χ1n) is 8.47. The van der Waals surface area contributed by atoms with Gasteiger partial charge in [-0.15, -0.1) is 0 Å². The number of rotatable bonds is 5. The smallest absolute Gasteiger partial charge is 0.369 e. The number of benzene rings is 1. The molecule has 5 nitrogen and oxygen atoms in total. The van der Waals surface area contributed by atoms with E-state index in [1.165, 1.54) is 12.1 Å². The highest BCUT2D eigenvalue weighted by Crippen LogP contribution is 2.31. The Kier molecular flexibility index (Phi) is 6.92. The average molecular weight is 357 g/mol. The summed E-state index contributed by atoms with van der Waals surface area (Å²) < 4.78 is 38.5. The quantitative estimate of drug-likeness (QED) is 0.481. The number of halogens is 3. The topological polar surface area (TPSA) is 42.9 Å². The molecule has 1 aromatic rings. The predicted molar refractivity (Wildman–Crippen MR) is 95.1 cm³/mol. The number of anilines is 1. The normalized spacial score (nSPS) is 16.8. The molecule has 0 radical (unpaired) electrons. The van der Waals surface area contributed by atoms with Crippen LogP contribution in [-0.2, 0) is 6.18 Å². The molecule has 2 rings (SSSR count). The molecule has 0 amide bonds. The Bertz CT molecular complexity index is 566. The maximum absolute atomic E-state index is 12.8. The van der Waals surface area contributed by atoms with E-state index in [9.17, 15) is 13.2 Å². The van der Waals surface area contributed by atoms with Crippen LogP contribution in [0.25, 0.3) is 0 Å². The summed E-state index contributed by atoms with van der Waals surface area (Å²) in [5.41, 5.74) is 0.0605. The second-order valence-electron chi connectivity index (χ2n) is 5.98. The van der Waals surface area contributed by atoms with Crippen LogP contribution in [0, 0.1) is 0 Å². The Labute approximate surface area is 146 Å². The van der Waals surface area contributed by atoms with Gasteiger partial charge in [0, 0.05) is 52.5 Å². The van der Waals surface area contributed by atoms with Crippen molar-refractivity contribution >= 4 is 11.6 Å². The van der Waals surface area contributed by atoms with E-state index in [2.05, 4.69) is 20.5 Å². The second-order valence-corrected chi connectivity index (χ2v) is 5.98. The van der Waals surface area contributed by atoms with Crippen LogP contribution >= 0.6 is 0 Å². The molecule has 1 heterocycles. The summed E-state index contributed by atoms with van der Waals surface area (Å²) in [5, 5.41) is 6.18. The Balaban J connectivity index is 1.76. The number of guanidine groups is 1. The second kappa shape index (κ2) is 8.94. The lowest BCUT2D eigenvalue weighted by Gasteiger charge is -2.36. The van der Waals surface area contributed by atoms with Gasteiger partial charge in [0.2, 0.25) is 0 Å². The zero-order valence-electron chi connectivity index (χ0n) is 14.7. The Morgan fingerprint density at radius 2 is 1.92 bits per heavy atom. The van der Waals surface area contributed by atoms with Gasteiger partial charge in [-0.3, -0.25) is 9.89 Å². The van der Waals surface area contributed by atoms with Gasteiger partial charge in [0.05, 0.1) is 5.56 Å². The van der Waals surface area contributed by atoms with Gasteiger partial charge >= 0.3 is 6.18 Å². The van der Waals surface area contributed by atoms with E-state index in [0.717, 1.165) is 57.7 Å². The van der Waals surface area contributed by atoms with E-state index in [0.29, 0.717) is 5.69 Å². The highest BCUT2D eigenvalue weighted by molar-refractivity contribution is 5.79. The Morgan fingerprint density at radius 1 is 1.20 bits per heavy atom. The lowest BCUT2D eigenvalue weighted by atomic mass is 10.1. The highest BCUT2D eigenvalue weighted by Gasteiger charge is 2.31. The van der Waals surface area contributed by atoms with E-state index in [1.54, 1.807) is 13.1 Å². The molecule has 0 atom stereocenters. The van der Waals surface area contributed by atoms with E-state index in [-0.39, 0.29) is 0 Å². The third kappa shape index (κ3) is 5.81. The van der Waals surface area contributed by atoms with Crippen molar-refractivity contribution in [1.82, 2.24) is 15.5 Å². The molecule has 140 valence electrons. The lowest BCUT2D eigenvalue weighted by molar-refractivity contribution is -0.137. The SMILES string of the molecule is CN=C(NC)NCCCN1CCN(c2cccc(C(F)(F)F)c2)CC1. The van der Waals surface area contributed by atoms with Crippen LogP contribution in [-0.4, -0.2) is 64.2 Å². The summed E-state index contributed by atoms with van der Waals surface area (Å²) in [6.07, 6.45) is -3.30. The van der Waals surface area contributed by atoms with Crippen molar-refractivity contribution in [2.75, 3.05) is 58.3 Å². The Morgan fingerprint density at radius 3 is 2.52 bits per heavy atom. The molecule has 0 unspecified atom stereocenters. The third-order valence-corrected chi connectivity index (χ3v) is 4.31. The first kappa shape index (κ1) is 19.4. The van der Waals surface area contributed by atoms with E-state index < -0.39 is 11.7 Å². The minimum Gasteiger partial charge on any atom is -0.369 e. The highest BCUT2D eigenvalue weighted by atomic mass is 19.4. The lowest BCUT2D eigenvalue weighted by Crippen LogP contribution is -2.47. The van der Waals surface area contributed by atoms with Crippen LogP contribution < -0.4 is 15.5 Å². The van der Waals surface area contributed by atoms with Crippen molar-refractivity contribution in [2.45, 2.75) is 12.6 Å². The van der Waals surface area contributed by atoms with Crippen molar-refractivity contribution in [3.8, 4) is 0 Å². The zero-order chi connectivity index (χ0) is 18.3. The maximum Gasteiger partial charge on any atom is 0.416 e. The summed E-state index contributed by atoms with van der Waals surface area (Å²) >= 11 is 0. The zero-order valence-corrected chi connectivity index (χ0v) is 14.7. The molecule has 25 heavy (non-hydrogen) atoms. The van der Waals surface area contributed by atoms with Gasteiger partial charge in [-0.25, -0.2) is 0 Å². The first-order valence-corrected chi connectivity index (χ1v) is 8.47. The van der Waals surface area contributed by atoms with E-state index in [1.807, 2.05) is 11.9 Å². The molecule has 1 aliphatic rings. The van der Waals surface area contributed by atoms with Crippen molar-refractivity contribution in [3.05, 3.63) is 29.8 Å². The largest absolute Gasteiger partial charge is 0.416 e. The van der Waals surface area contributed by atoms with Crippen molar-refractivity contribution in [2.24, 2.45) is 4.99 Å².